The number of rotatable bonds is 7. The fourth-order valence-corrected chi connectivity index (χ4v) is 3.18. The molecule has 26 heavy (non-hydrogen) atoms. The summed E-state index contributed by atoms with van der Waals surface area (Å²) in [6.07, 6.45) is 0.517. The Kier molecular flexibility index (Phi) is 5.72. The Morgan fingerprint density at radius 2 is 2.00 bits per heavy atom. The van der Waals surface area contributed by atoms with Crippen molar-refractivity contribution in [2.75, 3.05) is 11.1 Å². The van der Waals surface area contributed by atoms with E-state index in [4.69, 9.17) is 4.42 Å². The van der Waals surface area contributed by atoms with Crippen LogP contribution in [0.25, 0.3) is 0 Å². The molecule has 0 saturated carbocycles. The highest BCUT2D eigenvalue weighted by Crippen LogP contribution is 2.19. The van der Waals surface area contributed by atoms with Gasteiger partial charge in [0.05, 0.1) is 6.42 Å². The molecule has 1 aromatic carbocycles. The molecule has 2 heterocycles. The Labute approximate surface area is 156 Å². The number of aromatic nitrogens is 4. The van der Waals surface area contributed by atoms with E-state index < -0.39 is 0 Å². The smallest absolute Gasteiger partial charge is 0.322 e. The maximum Gasteiger partial charge on any atom is 0.322 e. The van der Waals surface area contributed by atoms with Gasteiger partial charge in [-0.05, 0) is 43.4 Å². The molecule has 1 N–H and O–H groups in total. The average molecular weight is 371 g/mol. The van der Waals surface area contributed by atoms with Crippen molar-refractivity contribution in [2.24, 2.45) is 0 Å². The summed E-state index contributed by atoms with van der Waals surface area (Å²) in [5.74, 6) is 1.13. The molecular formula is C18H21N5O2S. The molecule has 2 aromatic heterocycles. The SMILES string of the molecule is CCSc1ccc(Cc2nnc(NC(=O)c3cc(C)n(CC)n3)o2)cc1. The number of anilines is 1. The second kappa shape index (κ2) is 8.18. The largest absolute Gasteiger partial charge is 0.407 e. The molecular weight excluding hydrogens is 350 g/mol. The van der Waals surface area contributed by atoms with Gasteiger partial charge in [0.1, 0.15) is 0 Å². The highest BCUT2D eigenvalue weighted by atomic mass is 32.2. The summed E-state index contributed by atoms with van der Waals surface area (Å²) >= 11 is 1.80. The zero-order valence-corrected chi connectivity index (χ0v) is 15.8. The van der Waals surface area contributed by atoms with Crippen LogP contribution in [0.15, 0.2) is 39.6 Å². The average Bonchev–Trinajstić information content (AvgIpc) is 3.23. The lowest BCUT2D eigenvalue weighted by Gasteiger charge is -2.00. The second-order valence-corrected chi connectivity index (χ2v) is 7.03. The molecule has 0 aliphatic rings. The minimum absolute atomic E-state index is 0.0758. The predicted octanol–water partition coefficient (Wildman–Crippen LogP) is 3.55. The van der Waals surface area contributed by atoms with Gasteiger partial charge in [0.15, 0.2) is 5.69 Å². The van der Waals surface area contributed by atoms with Crippen LogP contribution >= 0.6 is 11.8 Å². The fourth-order valence-electron chi connectivity index (χ4n) is 2.52. The molecule has 0 aliphatic heterocycles. The maximum atomic E-state index is 12.2. The van der Waals surface area contributed by atoms with Gasteiger partial charge in [0.2, 0.25) is 5.89 Å². The Bertz CT molecular complexity index is 885. The minimum atomic E-state index is -0.364. The number of benzene rings is 1. The minimum Gasteiger partial charge on any atom is -0.407 e. The molecule has 0 unspecified atom stereocenters. The highest BCUT2D eigenvalue weighted by Gasteiger charge is 2.15. The quantitative estimate of drug-likeness (QED) is 0.639. The van der Waals surface area contributed by atoms with Gasteiger partial charge >= 0.3 is 6.01 Å². The fraction of sp³-hybridized carbons (Fsp3) is 0.333. The van der Waals surface area contributed by atoms with Gasteiger partial charge in [-0.2, -0.15) is 5.10 Å². The van der Waals surface area contributed by atoms with Crippen LogP contribution in [0.5, 0.6) is 0 Å². The first-order valence-corrected chi connectivity index (χ1v) is 9.47. The summed E-state index contributed by atoms with van der Waals surface area (Å²) in [7, 11) is 0. The summed E-state index contributed by atoms with van der Waals surface area (Å²) in [6, 6.07) is 10.0. The van der Waals surface area contributed by atoms with Gasteiger partial charge < -0.3 is 4.42 Å². The zero-order valence-electron chi connectivity index (χ0n) is 15.0. The number of hydrogen-bond donors (Lipinski definition) is 1. The Morgan fingerprint density at radius 3 is 2.65 bits per heavy atom. The van der Waals surface area contributed by atoms with Gasteiger partial charge in [-0.1, -0.05) is 24.2 Å². The Balaban J connectivity index is 1.62. The van der Waals surface area contributed by atoms with E-state index >= 15 is 0 Å². The Hall–Kier alpha value is -2.61. The van der Waals surface area contributed by atoms with Crippen molar-refractivity contribution in [3.63, 3.8) is 0 Å². The first kappa shape index (κ1) is 18.2. The number of hydrogen-bond acceptors (Lipinski definition) is 6. The van der Waals surface area contributed by atoms with Gasteiger partial charge in [-0.25, -0.2) is 0 Å². The monoisotopic (exact) mass is 371 g/mol. The molecule has 0 spiro atoms. The number of nitrogens with zero attached hydrogens (tertiary/aromatic N) is 4. The van der Waals surface area contributed by atoms with Crippen molar-refractivity contribution in [3.8, 4) is 0 Å². The number of carbonyl (C=O) groups excluding carboxylic acids is 1. The van der Waals surface area contributed by atoms with Crippen LogP contribution in [0.1, 0.15) is 41.5 Å². The van der Waals surface area contributed by atoms with E-state index in [-0.39, 0.29) is 11.9 Å². The molecule has 8 heteroatoms. The van der Waals surface area contributed by atoms with Gasteiger partial charge in [0.25, 0.3) is 5.91 Å². The molecule has 7 nitrogen and oxygen atoms in total. The van der Waals surface area contributed by atoms with Crippen molar-refractivity contribution < 1.29 is 9.21 Å². The van der Waals surface area contributed by atoms with Crippen LogP contribution in [0.4, 0.5) is 6.01 Å². The number of nitrogens with one attached hydrogen (secondary N) is 1. The number of amides is 1. The first-order valence-electron chi connectivity index (χ1n) is 8.49. The molecule has 0 fully saturated rings. The predicted molar refractivity (Wildman–Crippen MR) is 101 cm³/mol. The van der Waals surface area contributed by atoms with Crippen LogP contribution in [-0.4, -0.2) is 31.6 Å². The molecule has 0 radical (unpaired) electrons. The van der Waals surface area contributed by atoms with Crippen molar-refractivity contribution in [3.05, 3.63) is 53.2 Å². The van der Waals surface area contributed by atoms with E-state index in [9.17, 15) is 4.79 Å². The molecule has 0 saturated heterocycles. The van der Waals surface area contributed by atoms with Crippen LogP contribution in [0.2, 0.25) is 0 Å². The third-order valence-corrected chi connectivity index (χ3v) is 4.68. The van der Waals surface area contributed by atoms with Crippen molar-refractivity contribution >= 4 is 23.7 Å². The normalized spacial score (nSPS) is 10.9. The molecule has 3 aromatic rings. The third kappa shape index (κ3) is 4.32. The second-order valence-electron chi connectivity index (χ2n) is 5.70. The lowest BCUT2D eigenvalue weighted by molar-refractivity contribution is 0.101. The van der Waals surface area contributed by atoms with Crippen LogP contribution in [-0.2, 0) is 13.0 Å². The van der Waals surface area contributed by atoms with E-state index in [1.807, 2.05) is 26.0 Å². The Morgan fingerprint density at radius 1 is 1.23 bits per heavy atom. The number of carbonyl (C=O) groups is 1. The lowest BCUT2D eigenvalue weighted by atomic mass is 10.1. The third-order valence-electron chi connectivity index (χ3n) is 3.79. The van der Waals surface area contributed by atoms with Crippen LogP contribution in [0.3, 0.4) is 0 Å². The standard InChI is InChI=1S/C18H21N5O2S/c1-4-23-12(3)10-15(22-23)17(24)19-18-21-20-16(25-18)11-13-6-8-14(9-7-13)26-5-2/h6-10H,4-5,11H2,1-3H3,(H,19,21,24). The van der Waals surface area contributed by atoms with Crippen molar-refractivity contribution in [1.29, 1.82) is 0 Å². The van der Waals surface area contributed by atoms with Crippen molar-refractivity contribution in [2.45, 2.75) is 38.6 Å². The molecule has 0 bridgehead atoms. The summed E-state index contributed by atoms with van der Waals surface area (Å²) < 4.78 is 7.29. The number of thioether (sulfide) groups is 1. The van der Waals surface area contributed by atoms with Gasteiger partial charge in [-0.3, -0.25) is 14.8 Å². The molecule has 0 aliphatic carbocycles. The van der Waals surface area contributed by atoms with E-state index in [1.165, 1.54) is 4.90 Å². The topological polar surface area (TPSA) is 85.8 Å². The zero-order chi connectivity index (χ0) is 18.5. The lowest BCUT2D eigenvalue weighted by Crippen LogP contribution is -2.13. The van der Waals surface area contributed by atoms with Gasteiger partial charge in [-0.15, -0.1) is 16.9 Å². The molecule has 1 amide bonds. The highest BCUT2D eigenvalue weighted by molar-refractivity contribution is 7.99. The molecule has 0 atom stereocenters. The van der Waals surface area contributed by atoms with Crippen LogP contribution < -0.4 is 5.32 Å². The summed E-state index contributed by atoms with van der Waals surface area (Å²) in [5, 5.41) is 14.7. The summed E-state index contributed by atoms with van der Waals surface area (Å²) in [6.45, 7) is 6.71. The summed E-state index contributed by atoms with van der Waals surface area (Å²) in [4.78, 5) is 13.5. The summed E-state index contributed by atoms with van der Waals surface area (Å²) in [5.41, 5.74) is 2.32. The number of aryl methyl sites for hydroxylation is 2. The van der Waals surface area contributed by atoms with E-state index in [1.54, 1.807) is 22.5 Å². The maximum absolute atomic E-state index is 12.2. The van der Waals surface area contributed by atoms with Gasteiger partial charge in [0, 0.05) is 17.1 Å². The van der Waals surface area contributed by atoms with Crippen LogP contribution in [0, 0.1) is 6.92 Å². The molecule has 3 rings (SSSR count). The van der Waals surface area contributed by atoms with E-state index in [0.717, 1.165) is 17.0 Å². The first-order chi connectivity index (χ1) is 12.6. The van der Waals surface area contributed by atoms with E-state index in [2.05, 4.69) is 39.7 Å². The van der Waals surface area contributed by atoms with Crippen molar-refractivity contribution in [1.82, 2.24) is 20.0 Å². The molecule has 136 valence electrons. The van der Waals surface area contributed by atoms with E-state index in [0.29, 0.717) is 24.6 Å².